The Kier molecular flexibility index (Phi) is 6.32. The van der Waals surface area contributed by atoms with Gasteiger partial charge in [-0.15, -0.1) is 11.3 Å². The molecule has 1 fully saturated rings. The van der Waals surface area contributed by atoms with E-state index < -0.39 is 0 Å². The molecule has 128 valence electrons. The topological polar surface area (TPSA) is 42.0 Å². The highest BCUT2D eigenvalue weighted by Crippen LogP contribution is 2.30. The van der Waals surface area contributed by atoms with Gasteiger partial charge in [-0.3, -0.25) is 4.79 Å². The van der Waals surface area contributed by atoms with Gasteiger partial charge in [-0.25, -0.2) is 4.98 Å². The number of anilines is 1. The van der Waals surface area contributed by atoms with Crippen LogP contribution in [-0.2, 0) is 17.0 Å². The molecular formula is C19H24N2OS2. The van der Waals surface area contributed by atoms with Crippen LogP contribution in [0.2, 0.25) is 0 Å². The molecule has 1 N–H and O–H groups in total. The lowest BCUT2D eigenvalue weighted by Gasteiger charge is -2.20. The van der Waals surface area contributed by atoms with E-state index in [9.17, 15) is 4.79 Å². The number of nitrogens with zero attached hydrogens (tertiary/aromatic N) is 1. The van der Waals surface area contributed by atoms with E-state index in [0.717, 1.165) is 33.0 Å². The van der Waals surface area contributed by atoms with Gasteiger partial charge < -0.3 is 5.32 Å². The number of rotatable bonds is 6. The Hall–Kier alpha value is -1.33. The molecular weight excluding hydrogens is 336 g/mol. The molecule has 1 amide bonds. The quantitative estimate of drug-likeness (QED) is 0.770. The minimum atomic E-state index is 0.00475. The third-order valence-electron chi connectivity index (χ3n) is 4.35. The van der Waals surface area contributed by atoms with Crippen molar-refractivity contribution in [1.29, 1.82) is 0 Å². The minimum Gasteiger partial charge on any atom is -0.325 e. The largest absolute Gasteiger partial charge is 0.325 e. The van der Waals surface area contributed by atoms with Crippen molar-refractivity contribution in [3.05, 3.63) is 45.9 Å². The van der Waals surface area contributed by atoms with Crippen molar-refractivity contribution in [3.8, 4) is 0 Å². The number of aryl methyl sites for hydroxylation is 1. The average Bonchev–Trinajstić information content (AvgIpc) is 3.03. The van der Waals surface area contributed by atoms with Crippen molar-refractivity contribution < 1.29 is 4.79 Å². The second kappa shape index (κ2) is 8.67. The monoisotopic (exact) mass is 360 g/mol. The summed E-state index contributed by atoms with van der Waals surface area (Å²) in [6, 6.07) is 7.84. The summed E-state index contributed by atoms with van der Waals surface area (Å²) in [6.07, 6.45) is 7.19. The second-order valence-corrected chi connectivity index (χ2v) is 8.57. The van der Waals surface area contributed by atoms with Gasteiger partial charge in [0.05, 0.1) is 12.1 Å². The predicted molar refractivity (Wildman–Crippen MR) is 104 cm³/mol. The molecule has 3 nitrogen and oxygen atoms in total. The van der Waals surface area contributed by atoms with Crippen LogP contribution < -0.4 is 5.32 Å². The number of nitrogens with one attached hydrogen (secondary N) is 1. The highest BCUT2D eigenvalue weighted by molar-refractivity contribution is 7.99. The van der Waals surface area contributed by atoms with E-state index >= 15 is 0 Å². The summed E-state index contributed by atoms with van der Waals surface area (Å²) < 4.78 is 0. The van der Waals surface area contributed by atoms with E-state index in [-0.39, 0.29) is 5.91 Å². The van der Waals surface area contributed by atoms with Crippen LogP contribution in [0.15, 0.2) is 29.6 Å². The third kappa shape index (κ3) is 5.08. The summed E-state index contributed by atoms with van der Waals surface area (Å²) in [4.78, 5) is 16.8. The van der Waals surface area contributed by atoms with Gasteiger partial charge in [0, 0.05) is 22.1 Å². The second-order valence-electron chi connectivity index (χ2n) is 6.34. The molecule has 0 unspecified atom stereocenters. The normalized spacial score (nSPS) is 15.4. The Morgan fingerprint density at radius 2 is 2.08 bits per heavy atom. The lowest BCUT2D eigenvalue weighted by atomic mass is 10.0. The van der Waals surface area contributed by atoms with Gasteiger partial charge in [-0.2, -0.15) is 11.8 Å². The number of benzene rings is 1. The Morgan fingerprint density at radius 1 is 1.29 bits per heavy atom. The van der Waals surface area contributed by atoms with Crippen LogP contribution in [0.25, 0.3) is 0 Å². The SMILES string of the molecule is Cc1ccccc1NC(=O)Cc1nc(CSC2CCCCC2)cs1. The minimum absolute atomic E-state index is 0.00475. The number of thiazole rings is 1. The number of hydrogen-bond acceptors (Lipinski definition) is 4. The van der Waals surface area contributed by atoms with Crippen molar-refractivity contribution in [2.24, 2.45) is 0 Å². The van der Waals surface area contributed by atoms with Crippen molar-refractivity contribution >= 4 is 34.7 Å². The number of aromatic nitrogens is 1. The lowest BCUT2D eigenvalue weighted by Crippen LogP contribution is -2.15. The predicted octanol–water partition coefficient (Wildman–Crippen LogP) is 5.20. The highest BCUT2D eigenvalue weighted by Gasteiger charge is 2.15. The zero-order valence-corrected chi connectivity index (χ0v) is 15.7. The number of thioether (sulfide) groups is 1. The molecule has 1 saturated carbocycles. The Morgan fingerprint density at radius 3 is 2.88 bits per heavy atom. The van der Waals surface area contributed by atoms with Crippen LogP contribution in [0, 0.1) is 6.92 Å². The average molecular weight is 361 g/mol. The summed E-state index contributed by atoms with van der Waals surface area (Å²) in [6.45, 7) is 2.00. The first-order valence-electron chi connectivity index (χ1n) is 8.61. The molecule has 0 atom stereocenters. The maximum absolute atomic E-state index is 12.2. The molecule has 0 saturated heterocycles. The van der Waals surface area contributed by atoms with Gasteiger partial charge in [-0.05, 0) is 31.4 Å². The van der Waals surface area contributed by atoms with Crippen LogP contribution in [0.4, 0.5) is 5.69 Å². The van der Waals surface area contributed by atoms with Crippen molar-refractivity contribution in [2.75, 3.05) is 5.32 Å². The summed E-state index contributed by atoms with van der Waals surface area (Å²) in [5, 5.41) is 6.78. The fourth-order valence-electron chi connectivity index (χ4n) is 2.98. The summed E-state index contributed by atoms with van der Waals surface area (Å²) >= 11 is 3.62. The first kappa shape index (κ1) is 17.5. The zero-order valence-electron chi connectivity index (χ0n) is 14.1. The number of carbonyl (C=O) groups is 1. The first-order valence-corrected chi connectivity index (χ1v) is 10.5. The number of carbonyl (C=O) groups excluding carboxylic acids is 1. The zero-order chi connectivity index (χ0) is 16.8. The van der Waals surface area contributed by atoms with E-state index in [1.807, 2.05) is 43.0 Å². The van der Waals surface area contributed by atoms with Crippen molar-refractivity contribution in [2.45, 2.75) is 56.5 Å². The van der Waals surface area contributed by atoms with Crippen molar-refractivity contribution in [3.63, 3.8) is 0 Å². The molecule has 0 spiro atoms. The van der Waals surface area contributed by atoms with E-state index in [4.69, 9.17) is 0 Å². The lowest BCUT2D eigenvalue weighted by molar-refractivity contribution is -0.115. The van der Waals surface area contributed by atoms with Gasteiger partial charge in [0.1, 0.15) is 5.01 Å². The number of para-hydroxylation sites is 1. The van der Waals surface area contributed by atoms with E-state index in [0.29, 0.717) is 6.42 Å². The van der Waals surface area contributed by atoms with Crippen LogP contribution in [0.1, 0.15) is 48.4 Å². The molecule has 0 aliphatic heterocycles. The maximum atomic E-state index is 12.2. The van der Waals surface area contributed by atoms with Gasteiger partial charge in [-0.1, -0.05) is 37.5 Å². The van der Waals surface area contributed by atoms with E-state index in [1.165, 1.54) is 32.1 Å². The molecule has 1 heterocycles. The summed E-state index contributed by atoms with van der Waals surface area (Å²) in [5.74, 6) is 0.978. The molecule has 1 aromatic carbocycles. The molecule has 2 aromatic rings. The fourth-order valence-corrected chi connectivity index (χ4v) is 5.10. The van der Waals surface area contributed by atoms with E-state index in [1.54, 1.807) is 11.3 Å². The molecule has 0 bridgehead atoms. The smallest absolute Gasteiger partial charge is 0.231 e. The third-order valence-corrected chi connectivity index (χ3v) is 6.65. The molecule has 24 heavy (non-hydrogen) atoms. The molecule has 1 aliphatic rings. The summed E-state index contributed by atoms with van der Waals surface area (Å²) in [5.41, 5.74) is 3.08. The van der Waals surface area contributed by atoms with Crippen LogP contribution in [0.3, 0.4) is 0 Å². The standard InChI is InChI=1S/C19H24N2OS2/c1-14-7-5-6-10-17(14)21-18(22)11-19-20-15(13-24-19)12-23-16-8-3-2-4-9-16/h5-7,10,13,16H,2-4,8-9,11-12H2,1H3,(H,21,22). The molecule has 3 rings (SSSR count). The van der Waals surface area contributed by atoms with Gasteiger partial charge in [0.2, 0.25) is 5.91 Å². The maximum Gasteiger partial charge on any atom is 0.231 e. The Labute approximate surface area is 152 Å². The molecule has 5 heteroatoms. The molecule has 0 radical (unpaired) electrons. The fraction of sp³-hybridized carbons (Fsp3) is 0.474. The van der Waals surface area contributed by atoms with Crippen LogP contribution in [-0.4, -0.2) is 16.1 Å². The Bertz CT molecular complexity index is 678. The Balaban J connectivity index is 1.48. The van der Waals surface area contributed by atoms with Crippen LogP contribution >= 0.6 is 23.1 Å². The van der Waals surface area contributed by atoms with E-state index in [2.05, 4.69) is 15.7 Å². The molecule has 1 aliphatic carbocycles. The van der Waals surface area contributed by atoms with Gasteiger partial charge in [0.15, 0.2) is 0 Å². The first-order chi connectivity index (χ1) is 11.7. The van der Waals surface area contributed by atoms with Gasteiger partial charge >= 0.3 is 0 Å². The van der Waals surface area contributed by atoms with Crippen molar-refractivity contribution in [1.82, 2.24) is 4.98 Å². The van der Waals surface area contributed by atoms with Crippen LogP contribution in [0.5, 0.6) is 0 Å². The number of amides is 1. The highest BCUT2D eigenvalue weighted by atomic mass is 32.2. The van der Waals surface area contributed by atoms with Gasteiger partial charge in [0.25, 0.3) is 0 Å². The number of hydrogen-bond donors (Lipinski definition) is 1. The molecule has 1 aromatic heterocycles. The summed E-state index contributed by atoms with van der Waals surface area (Å²) in [7, 11) is 0.